The fraction of sp³-hybridized carbons (Fsp3) is 0.391. The molecule has 1 aliphatic carbocycles. The fourth-order valence-corrected chi connectivity index (χ4v) is 5.27. The molecule has 4 nitrogen and oxygen atoms in total. The Kier molecular flexibility index (Phi) is 9.27. The summed E-state index contributed by atoms with van der Waals surface area (Å²) in [5.41, 5.74) is 1.12. The third kappa shape index (κ3) is 7.63. The first-order valence-electron chi connectivity index (χ1n) is 10.4. The fourth-order valence-electron chi connectivity index (χ4n) is 3.67. The molecule has 1 fully saturated rings. The van der Waals surface area contributed by atoms with Gasteiger partial charge >= 0.3 is 6.18 Å². The Morgan fingerprint density at radius 2 is 1.66 bits per heavy atom. The summed E-state index contributed by atoms with van der Waals surface area (Å²) in [6.45, 7) is -1.44. The molecule has 0 radical (unpaired) electrons. The van der Waals surface area contributed by atoms with Crippen molar-refractivity contribution in [2.75, 3.05) is 18.5 Å². The molecular weight excluding hydrogens is 573 g/mol. The van der Waals surface area contributed by atoms with Crippen LogP contribution in [0.3, 0.4) is 0 Å². The van der Waals surface area contributed by atoms with Gasteiger partial charge in [-0.25, -0.2) is 0 Å². The summed E-state index contributed by atoms with van der Waals surface area (Å²) in [4.78, 5) is 25.5. The number of ketones is 1. The third-order valence-electron chi connectivity index (χ3n) is 5.32. The van der Waals surface area contributed by atoms with Crippen LogP contribution < -0.4 is 5.32 Å². The first-order chi connectivity index (χ1) is 16.3. The number of unbranched alkanes of at least 4 members (excludes halogenated alkanes) is 1. The first kappa shape index (κ1) is 28.4. The van der Waals surface area contributed by atoms with Crippen molar-refractivity contribution < 1.29 is 27.5 Å². The molecule has 1 amide bonds. The molecule has 2 aromatic carbocycles. The van der Waals surface area contributed by atoms with Crippen molar-refractivity contribution in [3.63, 3.8) is 0 Å². The van der Waals surface area contributed by atoms with Gasteiger partial charge in [-0.05, 0) is 54.8 Å². The Bertz CT molecular complexity index is 1090. The number of carbonyl (C=O) groups excluding carboxylic acids is 2. The van der Waals surface area contributed by atoms with E-state index in [-0.39, 0.29) is 35.8 Å². The van der Waals surface area contributed by atoms with Gasteiger partial charge in [0.15, 0.2) is 5.78 Å². The molecule has 0 spiro atoms. The van der Waals surface area contributed by atoms with Gasteiger partial charge in [0.1, 0.15) is 10.9 Å². The van der Waals surface area contributed by atoms with E-state index in [0.717, 1.165) is 0 Å². The Hall–Kier alpha value is -1.22. The maximum Gasteiger partial charge on any atom is 0.411 e. The van der Waals surface area contributed by atoms with Crippen LogP contribution in [-0.4, -0.2) is 35.4 Å². The van der Waals surface area contributed by atoms with Crippen LogP contribution in [0.25, 0.3) is 0 Å². The molecule has 1 aliphatic rings. The van der Waals surface area contributed by atoms with Crippen molar-refractivity contribution in [1.29, 1.82) is 0 Å². The number of benzene rings is 2. The quantitative estimate of drug-likeness (QED) is 0.173. The zero-order valence-electron chi connectivity index (χ0n) is 17.9. The molecule has 0 heterocycles. The van der Waals surface area contributed by atoms with Crippen LogP contribution in [0.15, 0.2) is 36.4 Å². The van der Waals surface area contributed by atoms with Gasteiger partial charge < -0.3 is 10.1 Å². The molecule has 2 atom stereocenters. The number of rotatable bonds is 10. The molecule has 3 rings (SSSR count). The molecule has 35 heavy (non-hydrogen) atoms. The molecular formula is C23H19Cl5F3NO3. The van der Waals surface area contributed by atoms with Gasteiger partial charge in [0.05, 0.1) is 10.9 Å². The number of halogens is 8. The molecule has 1 N–H and O–H groups in total. The standard InChI is InChI=1S/C23H19Cl5F3NO3/c24-13-7-12(8-14(25)9-13)19-20(23(19,27)28)21(34)32-15-4-5-17(26)16(10-15)18(33)3-1-2-6-35-11-22(29,30)31/h4-5,7-10,19-20H,1-3,6,11H2,(H,32,34). The van der Waals surface area contributed by atoms with Gasteiger partial charge in [-0.15, -0.1) is 23.2 Å². The van der Waals surface area contributed by atoms with E-state index in [2.05, 4.69) is 10.1 Å². The normalized spacial score (nSPS) is 18.9. The lowest BCUT2D eigenvalue weighted by atomic mass is 10.0. The van der Waals surface area contributed by atoms with Gasteiger partial charge in [-0.2, -0.15) is 13.2 Å². The summed E-state index contributed by atoms with van der Waals surface area (Å²) in [6, 6.07) is 9.25. The molecule has 2 aromatic rings. The summed E-state index contributed by atoms with van der Waals surface area (Å²) in [6.07, 6.45) is -3.74. The molecule has 190 valence electrons. The van der Waals surface area contributed by atoms with Crippen molar-refractivity contribution in [3.05, 3.63) is 62.6 Å². The second-order valence-corrected chi connectivity index (χ2v) is 10.8. The van der Waals surface area contributed by atoms with Crippen LogP contribution in [0.1, 0.15) is 41.1 Å². The third-order valence-corrected chi connectivity index (χ3v) is 7.03. The number of hydrogen-bond donors (Lipinski definition) is 1. The number of nitrogens with one attached hydrogen (secondary N) is 1. The zero-order chi connectivity index (χ0) is 26.0. The highest BCUT2D eigenvalue weighted by atomic mass is 35.5. The second kappa shape index (κ2) is 11.4. The van der Waals surface area contributed by atoms with Crippen LogP contribution in [0.5, 0.6) is 0 Å². The average Bonchev–Trinajstić information content (AvgIpc) is 3.32. The molecule has 0 aromatic heterocycles. The van der Waals surface area contributed by atoms with E-state index in [1.54, 1.807) is 18.2 Å². The summed E-state index contributed by atoms with van der Waals surface area (Å²) >= 11 is 31.0. The van der Waals surface area contributed by atoms with Gasteiger partial charge in [-0.3, -0.25) is 9.59 Å². The van der Waals surface area contributed by atoms with Crippen LogP contribution in [0.2, 0.25) is 15.1 Å². The van der Waals surface area contributed by atoms with Gasteiger partial charge in [0.25, 0.3) is 0 Å². The van der Waals surface area contributed by atoms with E-state index in [1.807, 2.05) is 0 Å². The van der Waals surface area contributed by atoms with Crippen molar-refractivity contribution >= 4 is 75.4 Å². The minimum Gasteiger partial charge on any atom is -0.372 e. The average molecular weight is 592 g/mol. The molecule has 0 saturated heterocycles. The molecule has 12 heteroatoms. The van der Waals surface area contributed by atoms with E-state index >= 15 is 0 Å². The van der Waals surface area contributed by atoms with Crippen molar-refractivity contribution in [3.8, 4) is 0 Å². The number of ether oxygens (including phenoxy) is 1. The Morgan fingerprint density at radius 3 is 2.29 bits per heavy atom. The van der Waals surface area contributed by atoms with Crippen LogP contribution >= 0.6 is 58.0 Å². The number of Topliss-reactive ketones (excluding diaryl/α,β-unsaturated/α-hetero) is 1. The topological polar surface area (TPSA) is 55.4 Å². The van der Waals surface area contributed by atoms with Crippen LogP contribution in [-0.2, 0) is 9.53 Å². The summed E-state index contributed by atoms with van der Waals surface area (Å²) < 4.78 is 39.4. The zero-order valence-corrected chi connectivity index (χ0v) is 21.7. The van der Waals surface area contributed by atoms with Crippen molar-refractivity contribution in [1.82, 2.24) is 0 Å². The molecule has 0 aliphatic heterocycles. The van der Waals surface area contributed by atoms with E-state index in [9.17, 15) is 22.8 Å². The largest absolute Gasteiger partial charge is 0.411 e. The lowest BCUT2D eigenvalue weighted by Crippen LogP contribution is -2.17. The Balaban J connectivity index is 1.59. The van der Waals surface area contributed by atoms with Crippen LogP contribution in [0, 0.1) is 5.92 Å². The number of hydrogen-bond acceptors (Lipinski definition) is 3. The lowest BCUT2D eigenvalue weighted by molar-refractivity contribution is -0.174. The summed E-state index contributed by atoms with van der Waals surface area (Å²) in [5.74, 6) is -2.09. The Morgan fingerprint density at radius 1 is 1.00 bits per heavy atom. The second-order valence-electron chi connectivity index (χ2n) is 8.06. The highest BCUT2D eigenvalue weighted by Crippen LogP contribution is 2.65. The van der Waals surface area contributed by atoms with Gasteiger partial charge in [0.2, 0.25) is 5.91 Å². The first-order valence-corrected chi connectivity index (χ1v) is 12.3. The van der Waals surface area contributed by atoms with E-state index in [1.165, 1.54) is 18.2 Å². The van der Waals surface area contributed by atoms with E-state index < -0.39 is 34.9 Å². The molecule has 2 unspecified atom stereocenters. The maximum atomic E-state index is 12.9. The number of carbonyl (C=O) groups is 2. The van der Waals surface area contributed by atoms with Crippen LogP contribution in [0.4, 0.5) is 18.9 Å². The predicted octanol–water partition coefficient (Wildman–Crippen LogP) is 8.10. The summed E-state index contributed by atoms with van der Waals surface area (Å²) in [5, 5.41) is 3.65. The Labute approximate surface area is 224 Å². The number of amides is 1. The minimum atomic E-state index is -4.39. The SMILES string of the molecule is O=C(CCCCOCC(F)(F)F)c1cc(NC(=O)C2C(c3cc(Cl)cc(Cl)c3)C2(Cl)Cl)ccc1Cl. The summed E-state index contributed by atoms with van der Waals surface area (Å²) in [7, 11) is 0. The van der Waals surface area contributed by atoms with Gasteiger partial charge in [-0.1, -0.05) is 34.8 Å². The monoisotopic (exact) mass is 589 g/mol. The van der Waals surface area contributed by atoms with E-state index in [4.69, 9.17) is 58.0 Å². The highest BCUT2D eigenvalue weighted by molar-refractivity contribution is 6.53. The minimum absolute atomic E-state index is 0.0548. The molecule has 0 bridgehead atoms. The molecule has 1 saturated carbocycles. The number of alkyl halides is 5. The van der Waals surface area contributed by atoms with Crippen molar-refractivity contribution in [2.45, 2.75) is 35.7 Å². The number of anilines is 1. The predicted molar refractivity (Wildman–Crippen MR) is 132 cm³/mol. The van der Waals surface area contributed by atoms with Gasteiger partial charge in [0, 0.05) is 40.2 Å². The smallest absolute Gasteiger partial charge is 0.372 e. The lowest BCUT2D eigenvalue weighted by Gasteiger charge is -2.10. The van der Waals surface area contributed by atoms with Crippen molar-refractivity contribution in [2.24, 2.45) is 5.92 Å². The highest BCUT2D eigenvalue weighted by Gasteiger charge is 2.67. The van der Waals surface area contributed by atoms with E-state index in [0.29, 0.717) is 27.7 Å². The maximum absolute atomic E-state index is 12.9.